The second kappa shape index (κ2) is 8.46. The van der Waals surface area contributed by atoms with Gasteiger partial charge in [-0.1, -0.05) is 18.6 Å². The Hall–Kier alpha value is -1.83. The fourth-order valence-electron chi connectivity index (χ4n) is 3.27. The van der Waals surface area contributed by atoms with Crippen molar-refractivity contribution in [1.82, 2.24) is 4.31 Å². The van der Waals surface area contributed by atoms with Crippen molar-refractivity contribution in [1.29, 1.82) is 0 Å². The second-order valence-electron chi connectivity index (χ2n) is 6.67. The maximum absolute atomic E-state index is 13.0. The van der Waals surface area contributed by atoms with Gasteiger partial charge in [0, 0.05) is 28.7 Å². The van der Waals surface area contributed by atoms with Crippen LogP contribution in [0.1, 0.15) is 36.5 Å². The largest absolute Gasteiger partial charge is 0.322 e. The summed E-state index contributed by atoms with van der Waals surface area (Å²) in [7, 11) is -3.60. The Balaban J connectivity index is 1.83. The summed E-state index contributed by atoms with van der Waals surface area (Å²) in [5.74, 6) is -0.322. The average Bonchev–Trinajstić information content (AvgIpc) is 2.68. The molecule has 2 aromatic carbocycles. The molecule has 0 aromatic heterocycles. The van der Waals surface area contributed by atoms with E-state index in [0.29, 0.717) is 17.8 Å². The molecule has 0 spiro atoms. The van der Waals surface area contributed by atoms with Crippen LogP contribution >= 0.6 is 11.8 Å². The first-order chi connectivity index (χ1) is 12.9. The smallest absolute Gasteiger partial charge is 0.255 e. The summed E-state index contributed by atoms with van der Waals surface area (Å²) in [5.41, 5.74) is 1.01. The number of benzene rings is 2. The molecule has 1 unspecified atom stereocenters. The molecule has 1 amide bonds. The molecule has 144 valence electrons. The van der Waals surface area contributed by atoms with Gasteiger partial charge in [-0.2, -0.15) is 4.31 Å². The van der Waals surface area contributed by atoms with Crippen LogP contribution in [0.5, 0.6) is 0 Å². The van der Waals surface area contributed by atoms with Gasteiger partial charge < -0.3 is 5.32 Å². The van der Waals surface area contributed by atoms with E-state index in [2.05, 4.69) is 5.32 Å². The predicted molar refractivity (Wildman–Crippen MR) is 110 cm³/mol. The highest BCUT2D eigenvalue weighted by Crippen LogP contribution is 2.26. The standard InChI is InChI=1S/C20H24N2O3S2/c1-15-7-3-4-12-22(15)27(24,25)19-11-5-8-16(13-19)20(23)21-17-9-6-10-18(14-17)26-2/h5-6,8-11,13-15H,3-4,7,12H2,1-2H3,(H,21,23). The number of nitrogens with zero attached hydrogens (tertiary/aromatic N) is 1. The van der Waals surface area contributed by atoms with E-state index in [0.717, 1.165) is 24.2 Å². The lowest BCUT2D eigenvalue weighted by molar-refractivity contribution is 0.102. The number of carbonyl (C=O) groups is 1. The van der Waals surface area contributed by atoms with Gasteiger partial charge in [0.2, 0.25) is 10.0 Å². The van der Waals surface area contributed by atoms with E-state index in [1.165, 1.54) is 6.07 Å². The predicted octanol–water partition coefficient (Wildman–Crippen LogP) is 4.22. The normalized spacial score (nSPS) is 18.2. The summed E-state index contributed by atoms with van der Waals surface area (Å²) in [6.07, 6.45) is 4.75. The lowest BCUT2D eigenvalue weighted by Gasteiger charge is -2.32. The van der Waals surface area contributed by atoms with Gasteiger partial charge in [-0.25, -0.2) is 8.42 Å². The number of anilines is 1. The van der Waals surface area contributed by atoms with Crippen molar-refractivity contribution in [3.63, 3.8) is 0 Å². The fourth-order valence-corrected chi connectivity index (χ4v) is 5.47. The van der Waals surface area contributed by atoms with Crippen molar-refractivity contribution < 1.29 is 13.2 Å². The number of sulfonamides is 1. The zero-order valence-electron chi connectivity index (χ0n) is 15.5. The third-order valence-corrected chi connectivity index (χ3v) is 7.51. The molecule has 0 radical (unpaired) electrons. The van der Waals surface area contributed by atoms with Crippen molar-refractivity contribution in [2.24, 2.45) is 0 Å². The summed E-state index contributed by atoms with van der Waals surface area (Å²) in [6.45, 7) is 2.47. The molecule has 0 saturated carbocycles. The van der Waals surface area contributed by atoms with E-state index in [4.69, 9.17) is 0 Å². The van der Waals surface area contributed by atoms with Crippen LogP contribution in [-0.4, -0.2) is 37.5 Å². The summed E-state index contributed by atoms with van der Waals surface area (Å²) >= 11 is 1.59. The molecular formula is C20H24N2O3S2. The Morgan fingerprint density at radius 1 is 1.15 bits per heavy atom. The number of carbonyl (C=O) groups excluding carboxylic acids is 1. The first kappa shape index (κ1) is 19.9. The topological polar surface area (TPSA) is 66.5 Å². The zero-order chi connectivity index (χ0) is 19.4. The molecule has 1 heterocycles. The SMILES string of the molecule is CSc1cccc(NC(=O)c2cccc(S(=O)(=O)N3CCCCC3C)c2)c1. The van der Waals surface area contributed by atoms with E-state index < -0.39 is 10.0 Å². The maximum atomic E-state index is 13.0. The number of hydrogen-bond acceptors (Lipinski definition) is 4. The van der Waals surface area contributed by atoms with Gasteiger partial charge in [0.05, 0.1) is 4.90 Å². The molecule has 1 N–H and O–H groups in total. The molecule has 2 aromatic rings. The highest BCUT2D eigenvalue weighted by atomic mass is 32.2. The Morgan fingerprint density at radius 2 is 1.93 bits per heavy atom. The minimum absolute atomic E-state index is 0.0180. The van der Waals surface area contributed by atoms with Crippen LogP contribution in [0.4, 0.5) is 5.69 Å². The first-order valence-electron chi connectivity index (χ1n) is 8.99. The fraction of sp³-hybridized carbons (Fsp3) is 0.350. The summed E-state index contributed by atoms with van der Waals surface area (Å²) in [4.78, 5) is 13.8. The van der Waals surface area contributed by atoms with Gasteiger partial charge in [0.25, 0.3) is 5.91 Å². The average molecular weight is 405 g/mol. The van der Waals surface area contributed by atoms with E-state index in [-0.39, 0.29) is 16.8 Å². The molecule has 1 fully saturated rings. The highest BCUT2D eigenvalue weighted by Gasteiger charge is 2.31. The molecule has 0 bridgehead atoms. The Labute approximate surface area is 165 Å². The number of hydrogen-bond donors (Lipinski definition) is 1. The minimum Gasteiger partial charge on any atom is -0.322 e. The van der Waals surface area contributed by atoms with Gasteiger partial charge in [-0.3, -0.25) is 4.79 Å². The zero-order valence-corrected chi connectivity index (χ0v) is 17.1. The van der Waals surface area contributed by atoms with Crippen LogP contribution in [0, 0.1) is 0 Å². The van der Waals surface area contributed by atoms with Gasteiger partial charge in [-0.15, -0.1) is 11.8 Å². The van der Waals surface area contributed by atoms with Crippen molar-refractivity contribution in [3.05, 3.63) is 54.1 Å². The molecule has 7 heteroatoms. The van der Waals surface area contributed by atoms with Crippen LogP contribution in [0.3, 0.4) is 0 Å². The Kier molecular flexibility index (Phi) is 6.24. The van der Waals surface area contributed by atoms with Crippen molar-refractivity contribution in [2.75, 3.05) is 18.1 Å². The van der Waals surface area contributed by atoms with E-state index >= 15 is 0 Å². The second-order valence-corrected chi connectivity index (χ2v) is 9.44. The highest BCUT2D eigenvalue weighted by molar-refractivity contribution is 7.98. The number of thioether (sulfide) groups is 1. The van der Waals surface area contributed by atoms with Gasteiger partial charge in [-0.05, 0) is 62.4 Å². The Morgan fingerprint density at radius 3 is 2.67 bits per heavy atom. The molecular weight excluding hydrogens is 380 g/mol. The van der Waals surface area contributed by atoms with Crippen molar-refractivity contribution >= 4 is 33.4 Å². The minimum atomic E-state index is -3.60. The summed E-state index contributed by atoms with van der Waals surface area (Å²) in [5, 5.41) is 2.84. The van der Waals surface area contributed by atoms with Crippen LogP contribution in [0.15, 0.2) is 58.3 Å². The number of piperidine rings is 1. The third kappa shape index (κ3) is 4.54. The van der Waals surface area contributed by atoms with E-state index in [1.54, 1.807) is 34.3 Å². The lowest BCUT2D eigenvalue weighted by atomic mass is 10.1. The van der Waals surface area contributed by atoms with Gasteiger partial charge >= 0.3 is 0 Å². The molecule has 0 aliphatic carbocycles. The van der Waals surface area contributed by atoms with Gasteiger partial charge in [0.15, 0.2) is 0 Å². The molecule has 27 heavy (non-hydrogen) atoms. The molecule has 1 atom stereocenters. The van der Waals surface area contributed by atoms with E-state index in [1.807, 2.05) is 37.4 Å². The summed E-state index contributed by atoms with van der Waals surface area (Å²) in [6, 6.07) is 13.8. The number of amides is 1. The molecule has 3 rings (SSSR count). The maximum Gasteiger partial charge on any atom is 0.255 e. The van der Waals surface area contributed by atoms with Crippen LogP contribution < -0.4 is 5.32 Å². The molecule has 1 saturated heterocycles. The molecule has 5 nitrogen and oxygen atoms in total. The lowest BCUT2D eigenvalue weighted by Crippen LogP contribution is -2.41. The third-order valence-electron chi connectivity index (χ3n) is 4.77. The van der Waals surface area contributed by atoms with E-state index in [9.17, 15) is 13.2 Å². The number of rotatable bonds is 5. The quantitative estimate of drug-likeness (QED) is 0.758. The number of nitrogens with one attached hydrogen (secondary N) is 1. The molecule has 1 aliphatic rings. The van der Waals surface area contributed by atoms with Crippen LogP contribution in [0.2, 0.25) is 0 Å². The summed E-state index contributed by atoms with van der Waals surface area (Å²) < 4.78 is 27.6. The molecule has 1 aliphatic heterocycles. The Bertz CT molecular complexity index is 928. The van der Waals surface area contributed by atoms with Gasteiger partial charge in [0.1, 0.15) is 0 Å². The van der Waals surface area contributed by atoms with Crippen LogP contribution in [-0.2, 0) is 10.0 Å². The van der Waals surface area contributed by atoms with Crippen molar-refractivity contribution in [2.45, 2.75) is 42.0 Å². The van der Waals surface area contributed by atoms with Crippen molar-refractivity contribution in [3.8, 4) is 0 Å². The van der Waals surface area contributed by atoms with Crippen LogP contribution in [0.25, 0.3) is 0 Å². The monoisotopic (exact) mass is 404 g/mol. The first-order valence-corrected chi connectivity index (χ1v) is 11.7.